The fraction of sp³-hybridized carbons (Fsp3) is 0.900. The van der Waals surface area contributed by atoms with Gasteiger partial charge in [0.05, 0.1) is 0 Å². The van der Waals surface area contributed by atoms with Crippen LogP contribution in [-0.4, -0.2) is 17.9 Å². The first-order chi connectivity index (χ1) is 6.03. The average molecular weight is 207 g/mol. The molecular weight excluding hydrogens is 188 g/mol. The number of hydrogen-bond acceptors (Lipinski definition) is 1. The Morgan fingerprint density at radius 3 is 1.93 bits per heavy atom. The summed E-state index contributed by atoms with van der Waals surface area (Å²) in [6.45, 7) is 9.51. The summed E-state index contributed by atoms with van der Waals surface area (Å²) in [4.78, 5) is 10.8. The van der Waals surface area contributed by atoms with Gasteiger partial charge in [-0.05, 0) is 25.7 Å². The Bertz CT molecular complexity index is 207. The van der Waals surface area contributed by atoms with Crippen LogP contribution in [0, 0.1) is 5.41 Å². The molecule has 0 aromatic heterocycles. The van der Waals surface area contributed by atoms with Crippen LogP contribution in [0.4, 0.5) is 8.78 Å². The van der Waals surface area contributed by atoms with E-state index in [1.807, 2.05) is 20.8 Å². The number of hydrogen-bond donors (Lipinski definition) is 1. The molecule has 0 unspecified atom stereocenters. The lowest BCUT2D eigenvalue weighted by molar-refractivity contribution is -0.133. The fourth-order valence-electron chi connectivity index (χ4n) is 1.76. The molecule has 0 heterocycles. The third kappa shape index (κ3) is 5.89. The number of halogens is 2. The summed E-state index contributed by atoms with van der Waals surface area (Å²) in [5, 5.41) is 2.32. The summed E-state index contributed by atoms with van der Waals surface area (Å²) in [6, 6.07) is 0. The summed E-state index contributed by atoms with van der Waals surface area (Å²) in [5.41, 5.74) is -0.593. The summed E-state index contributed by atoms with van der Waals surface area (Å²) < 4.78 is 24.0. The van der Waals surface area contributed by atoms with E-state index in [1.165, 1.54) is 0 Å². The lowest BCUT2D eigenvalue weighted by atomic mass is 9.82. The number of carbonyl (C=O) groups is 1. The molecule has 0 spiro atoms. The number of rotatable bonds is 3. The molecule has 2 nitrogen and oxygen atoms in total. The van der Waals surface area contributed by atoms with E-state index >= 15 is 0 Å². The lowest BCUT2D eigenvalue weighted by Gasteiger charge is -2.33. The zero-order valence-electron chi connectivity index (χ0n) is 9.45. The molecule has 1 amide bonds. The largest absolute Gasteiger partial charge is 0.346 e. The van der Waals surface area contributed by atoms with Gasteiger partial charge in [0.2, 0.25) is 0 Å². The van der Waals surface area contributed by atoms with Gasteiger partial charge in [-0.25, -0.2) is 0 Å². The van der Waals surface area contributed by atoms with E-state index in [1.54, 1.807) is 13.8 Å². The third-order valence-electron chi connectivity index (χ3n) is 1.63. The molecule has 4 heteroatoms. The first-order valence-corrected chi connectivity index (χ1v) is 4.64. The number of alkyl halides is 2. The molecule has 14 heavy (non-hydrogen) atoms. The Morgan fingerprint density at radius 1 is 1.21 bits per heavy atom. The van der Waals surface area contributed by atoms with E-state index in [4.69, 9.17) is 0 Å². The van der Waals surface area contributed by atoms with Crippen molar-refractivity contribution < 1.29 is 13.6 Å². The Labute approximate surface area is 84.1 Å². The van der Waals surface area contributed by atoms with Crippen LogP contribution >= 0.6 is 0 Å². The molecule has 1 N–H and O–H groups in total. The van der Waals surface area contributed by atoms with Crippen LogP contribution < -0.4 is 5.32 Å². The van der Waals surface area contributed by atoms with Crippen LogP contribution in [0.25, 0.3) is 0 Å². The van der Waals surface area contributed by atoms with Crippen molar-refractivity contribution >= 4 is 5.91 Å². The Balaban J connectivity index is 4.28. The molecule has 0 aromatic carbocycles. The third-order valence-corrected chi connectivity index (χ3v) is 1.63. The molecule has 0 radical (unpaired) electrons. The van der Waals surface area contributed by atoms with E-state index in [0.717, 1.165) is 0 Å². The lowest BCUT2D eigenvalue weighted by Crippen LogP contribution is -2.48. The minimum absolute atomic E-state index is 0.00109. The van der Waals surface area contributed by atoms with Crippen LogP contribution in [-0.2, 0) is 4.79 Å². The van der Waals surface area contributed by atoms with Gasteiger partial charge in [-0.2, -0.15) is 8.78 Å². The highest BCUT2D eigenvalue weighted by Crippen LogP contribution is 2.26. The Morgan fingerprint density at radius 2 is 1.64 bits per heavy atom. The van der Waals surface area contributed by atoms with E-state index < -0.39 is 17.9 Å². The van der Waals surface area contributed by atoms with Crippen LogP contribution in [0.1, 0.15) is 41.0 Å². The summed E-state index contributed by atoms with van der Waals surface area (Å²) in [5.74, 6) is -1.20. The minimum atomic E-state index is -2.94. The van der Waals surface area contributed by atoms with E-state index in [2.05, 4.69) is 5.32 Å². The number of nitrogens with one attached hydrogen (secondary N) is 1. The van der Waals surface area contributed by atoms with Gasteiger partial charge in [0.25, 0.3) is 5.91 Å². The zero-order valence-corrected chi connectivity index (χ0v) is 9.45. The monoisotopic (exact) mass is 207 g/mol. The normalized spacial score (nSPS) is 13.1. The number of carbonyl (C=O) groups excluding carboxylic acids is 1. The highest BCUT2D eigenvalue weighted by atomic mass is 19.3. The molecule has 0 rings (SSSR count). The second kappa shape index (κ2) is 4.24. The van der Waals surface area contributed by atoms with Gasteiger partial charge in [-0.15, -0.1) is 0 Å². The van der Waals surface area contributed by atoms with Gasteiger partial charge in [0, 0.05) is 5.54 Å². The van der Waals surface area contributed by atoms with Crippen LogP contribution in [0.15, 0.2) is 0 Å². The van der Waals surface area contributed by atoms with Crippen LogP contribution in [0.3, 0.4) is 0 Å². The standard InChI is InChI=1S/C10H19F2NO/c1-9(2,3)6-10(4,5)13-8(14)7(11)12/h7H,6H2,1-5H3,(H,13,14). The van der Waals surface area contributed by atoms with Crippen molar-refractivity contribution in [1.82, 2.24) is 5.32 Å². The Hall–Kier alpha value is -0.670. The van der Waals surface area contributed by atoms with Crippen molar-refractivity contribution in [1.29, 1.82) is 0 Å². The molecule has 0 atom stereocenters. The maximum atomic E-state index is 12.0. The fourth-order valence-corrected chi connectivity index (χ4v) is 1.76. The maximum absolute atomic E-state index is 12.0. The summed E-state index contributed by atoms with van der Waals surface area (Å²) in [7, 11) is 0. The van der Waals surface area contributed by atoms with Crippen molar-refractivity contribution in [2.75, 3.05) is 0 Å². The highest BCUT2D eigenvalue weighted by molar-refractivity contribution is 5.79. The number of amides is 1. The molecule has 0 saturated carbocycles. The Kier molecular flexibility index (Phi) is 4.03. The molecule has 0 aliphatic rings. The maximum Gasteiger partial charge on any atom is 0.315 e. The van der Waals surface area contributed by atoms with Gasteiger partial charge in [-0.1, -0.05) is 20.8 Å². The van der Waals surface area contributed by atoms with Crippen molar-refractivity contribution in [3.05, 3.63) is 0 Å². The second-order valence-corrected chi connectivity index (χ2v) is 5.41. The van der Waals surface area contributed by atoms with Gasteiger partial charge in [0.15, 0.2) is 0 Å². The highest BCUT2D eigenvalue weighted by Gasteiger charge is 2.29. The second-order valence-electron chi connectivity index (χ2n) is 5.41. The van der Waals surface area contributed by atoms with Crippen LogP contribution in [0.2, 0.25) is 0 Å². The summed E-state index contributed by atoms with van der Waals surface area (Å²) >= 11 is 0. The predicted molar refractivity (Wildman–Crippen MR) is 52.3 cm³/mol. The first kappa shape index (κ1) is 13.3. The SMILES string of the molecule is CC(C)(C)CC(C)(C)NC(=O)C(F)F. The molecule has 0 saturated heterocycles. The molecule has 0 aliphatic carbocycles. The molecule has 0 fully saturated rings. The summed E-state index contributed by atoms with van der Waals surface area (Å²) in [6.07, 6.45) is -2.28. The molecule has 0 bridgehead atoms. The van der Waals surface area contributed by atoms with Crippen molar-refractivity contribution in [3.63, 3.8) is 0 Å². The van der Waals surface area contributed by atoms with Gasteiger partial charge in [-0.3, -0.25) is 4.79 Å². The van der Waals surface area contributed by atoms with Gasteiger partial charge >= 0.3 is 6.43 Å². The zero-order chi connectivity index (χ0) is 11.6. The molecular formula is C10H19F2NO. The van der Waals surface area contributed by atoms with Crippen molar-refractivity contribution in [3.8, 4) is 0 Å². The van der Waals surface area contributed by atoms with Crippen molar-refractivity contribution in [2.45, 2.75) is 53.0 Å². The van der Waals surface area contributed by atoms with Gasteiger partial charge in [0.1, 0.15) is 0 Å². The molecule has 84 valence electrons. The predicted octanol–water partition coefficient (Wildman–Crippen LogP) is 2.58. The van der Waals surface area contributed by atoms with Crippen molar-refractivity contribution in [2.24, 2.45) is 5.41 Å². The van der Waals surface area contributed by atoms with E-state index in [9.17, 15) is 13.6 Å². The quantitative estimate of drug-likeness (QED) is 0.757. The smallest absolute Gasteiger partial charge is 0.315 e. The molecule has 0 aliphatic heterocycles. The van der Waals surface area contributed by atoms with E-state index in [-0.39, 0.29) is 5.41 Å². The minimum Gasteiger partial charge on any atom is -0.346 e. The first-order valence-electron chi connectivity index (χ1n) is 4.64. The van der Waals surface area contributed by atoms with E-state index in [0.29, 0.717) is 6.42 Å². The van der Waals surface area contributed by atoms with Gasteiger partial charge < -0.3 is 5.32 Å². The topological polar surface area (TPSA) is 29.1 Å². The van der Waals surface area contributed by atoms with Crippen LogP contribution in [0.5, 0.6) is 0 Å². The average Bonchev–Trinajstić information content (AvgIpc) is 1.78. The molecule has 0 aromatic rings.